The molecule has 3 N–H and O–H groups in total. The van der Waals surface area contributed by atoms with Gasteiger partial charge in [-0.25, -0.2) is 4.98 Å². The average molecular weight is 244 g/mol. The first-order valence-electron chi connectivity index (χ1n) is 4.91. The molecule has 1 rings (SSSR count). The summed E-state index contributed by atoms with van der Waals surface area (Å²) in [5.74, 6) is 0.307. The molecule has 90 valence electrons. The Kier molecular flexibility index (Phi) is 4.66. The van der Waals surface area contributed by atoms with Gasteiger partial charge in [0.05, 0.1) is 0 Å². The Bertz CT molecular complexity index is 407. The fraction of sp³-hybridized carbons (Fsp3) is 0.444. The van der Waals surface area contributed by atoms with Gasteiger partial charge in [-0.15, -0.1) is 0 Å². The number of nitrogens with two attached hydrogens (primary N) is 1. The molecule has 1 aromatic rings. The molecule has 1 aromatic heterocycles. The molecule has 0 unspecified atom stereocenters. The van der Waals surface area contributed by atoms with Crippen molar-refractivity contribution in [2.45, 2.75) is 6.42 Å². The summed E-state index contributed by atoms with van der Waals surface area (Å²) in [6.07, 6.45) is 2.15. The van der Waals surface area contributed by atoms with Crippen molar-refractivity contribution in [3.05, 3.63) is 24.4 Å². The number of rotatable bonds is 6. The minimum Gasteiger partial charge on any atom is -0.330 e. The second-order valence-electron chi connectivity index (χ2n) is 3.29. The quantitative estimate of drug-likeness (QED) is 0.738. The Morgan fingerprint density at radius 3 is 2.81 bits per heavy atom. The number of anilines is 1. The molecule has 7 heteroatoms. The van der Waals surface area contributed by atoms with E-state index < -0.39 is 10.2 Å². The Labute approximate surface area is 95.7 Å². The number of hydrogen-bond donors (Lipinski definition) is 2. The van der Waals surface area contributed by atoms with E-state index in [1.165, 1.54) is 17.5 Å². The molecule has 0 aliphatic rings. The minimum absolute atomic E-state index is 0.307. The fourth-order valence-corrected chi connectivity index (χ4v) is 1.98. The molecule has 0 fully saturated rings. The predicted octanol–water partition coefficient (Wildman–Crippen LogP) is 0.0189. The summed E-state index contributed by atoms with van der Waals surface area (Å²) >= 11 is 0. The third-order valence-corrected chi connectivity index (χ3v) is 3.46. The van der Waals surface area contributed by atoms with Crippen molar-refractivity contribution in [2.24, 2.45) is 5.73 Å². The van der Waals surface area contributed by atoms with Gasteiger partial charge in [-0.05, 0) is 25.1 Å². The lowest BCUT2D eigenvalue weighted by molar-refractivity contribution is 0.468. The topological polar surface area (TPSA) is 88.3 Å². The van der Waals surface area contributed by atoms with Gasteiger partial charge in [0, 0.05) is 19.8 Å². The summed E-state index contributed by atoms with van der Waals surface area (Å²) in [6.45, 7) is 0.849. The summed E-state index contributed by atoms with van der Waals surface area (Å²) in [6, 6.07) is 5.02. The molecule has 0 spiro atoms. The highest BCUT2D eigenvalue weighted by atomic mass is 32.2. The maximum Gasteiger partial charge on any atom is 0.302 e. The molecule has 0 amide bonds. The van der Waals surface area contributed by atoms with Crippen molar-refractivity contribution in [1.82, 2.24) is 9.29 Å². The van der Waals surface area contributed by atoms with Gasteiger partial charge in [-0.3, -0.25) is 4.72 Å². The van der Waals surface area contributed by atoms with Gasteiger partial charge in [0.1, 0.15) is 5.82 Å². The van der Waals surface area contributed by atoms with Crippen LogP contribution in [-0.2, 0) is 10.2 Å². The third kappa shape index (κ3) is 3.76. The minimum atomic E-state index is -3.52. The van der Waals surface area contributed by atoms with E-state index in [1.54, 1.807) is 18.2 Å². The maximum atomic E-state index is 11.7. The van der Waals surface area contributed by atoms with E-state index in [4.69, 9.17) is 5.73 Å². The second kappa shape index (κ2) is 5.78. The molecule has 0 aliphatic carbocycles. The molecule has 6 nitrogen and oxygen atoms in total. The monoisotopic (exact) mass is 244 g/mol. The lowest BCUT2D eigenvalue weighted by Gasteiger charge is -2.17. The molecule has 0 atom stereocenters. The van der Waals surface area contributed by atoms with Crippen LogP contribution < -0.4 is 10.5 Å². The van der Waals surface area contributed by atoms with Gasteiger partial charge >= 0.3 is 10.2 Å². The van der Waals surface area contributed by atoms with Crippen molar-refractivity contribution >= 4 is 16.0 Å². The summed E-state index contributed by atoms with van der Waals surface area (Å²) in [4.78, 5) is 3.88. The average Bonchev–Trinajstić information content (AvgIpc) is 2.26. The first-order chi connectivity index (χ1) is 7.56. The van der Waals surface area contributed by atoms with Crippen molar-refractivity contribution in [1.29, 1.82) is 0 Å². The van der Waals surface area contributed by atoms with E-state index in [1.807, 2.05) is 0 Å². The van der Waals surface area contributed by atoms with Crippen LogP contribution in [0.1, 0.15) is 6.42 Å². The van der Waals surface area contributed by atoms with Crippen molar-refractivity contribution in [3.8, 4) is 0 Å². The van der Waals surface area contributed by atoms with Gasteiger partial charge < -0.3 is 5.73 Å². The maximum absolute atomic E-state index is 11.7. The van der Waals surface area contributed by atoms with Gasteiger partial charge in [0.15, 0.2) is 0 Å². The van der Waals surface area contributed by atoms with E-state index in [2.05, 4.69) is 9.71 Å². The molecule has 0 aromatic carbocycles. The molecular formula is C9H16N4O2S. The standard InChI is InChI=1S/C9H16N4O2S/c1-13(8-4-6-10)16(14,15)12-9-5-2-3-7-11-9/h2-3,5,7H,4,6,8,10H2,1H3,(H,11,12). The van der Waals surface area contributed by atoms with Crippen LogP contribution in [0.2, 0.25) is 0 Å². The number of hydrogen-bond acceptors (Lipinski definition) is 4. The van der Waals surface area contributed by atoms with Gasteiger partial charge in [0.2, 0.25) is 0 Å². The SMILES string of the molecule is CN(CCCN)S(=O)(=O)Nc1ccccn1. The molecule has 0 saturated heterocycles. The lowest BCUT2D eigenvalue weighted by atomic mass is 10.4. The zero-order valence-corrected chi connectivity index (χ0v) is 9.94. The van der Waals surface area contributed by atoms with Crippen LogP contribution in [0.25, 0.3) is 0 Å². The first kappa shape index (κ1) is 12.9. The molecule has 0 saturated carbocycles. The highest BCUT2D eigenvalue weighted by molar-refractivity contribution is 7.90. The van der Waals surface area contributed by atoms with Crippen LogP contribution in [-0.4, -0.2) is 37.8 Å². The van der Waals surface area contributed by atoms with Crippen molar-refractivity contribution in [3.63, 3.8) is 0 Å². The zero-order valence-electron chi connectivity index (χ0n) is 9.13. The summed E-state index contributed by atoms with van der Waals surface area (Å²) in [5, 5.41) is 0. The van der Waals surface area contributed by atoms with Crippen molar-refractivity contribution in [2.75, 3.05) is 24.9 Å². The molecule has 0 radical (unpaired) electrons. The van der Waals surface area contributed by atoms with Crippen LogP contribution >= 0.6 is 0 Å². The van der Waals surface area contributed by atoms with Crippen molar-refractivity contribution < 1.29 is 8.42 Å². The summed E-state index contributed by atoms with van der Waals surface area (Å²) in [7, 11) is -2.02. The molecule has 1 heterocycles. The number of pyridine rings is 1. The molecule has 16 heavy (non-hydrogen) atoms. The third-order valence-electron chi connectivity index (χ3n) is 1.99. The predicted molar refractivity (Wildman–Crippen MR) is 63.1 cm³/mol. The normalized spacial score (nSPS) is 11.7. The summed E-state index contributed by atoms with van der Waals surface area (Å²) < 4.78 is 27.1. The number of nitrogens with one attached hydrogen (secondary N) is 1. The zero-order chi connectivity index (χ0) is 12.0. The smallest absolute Gasteiger partial charge is 0.302 e. The van der Waals surface area contributed by atoms with Gasteiger partial charge in [-0.2, -0.15) is 12.7 Å². The lowest BCUT2D eigenvalue weighted by Crippen LogP contribution is -2.34. The van der Waals surface area contributed by atoms with Crippen LogP contribution in [0.15, 0.2) is 24.4 Å². The molecular weight excluding hydrogens is 228 g/mol. The van der Waals surface area contributed by atoms with Crippen LogP contribution in [0.4, 0.5) is 5.82 Å². The van der Waals surface area contributed by atoms with Crippen LogP contribution in [0.3, 0.4) is 0 Å². The summed E-state index contributed by atoms with van der Waals surface area (Å²) in [5.41, 5.74) is 5.32. The van der Waals surface area contributed by atoms with Gasteiger partial charge in [0.25, 0.3) is 0 Å². The molecule has 0 aliphatic heterocycles. The Morgan fingerprint density at radius 2 is 2.25 bits per heavy atom. The first-order valence-corrected chi connectivity index (χ1v) is 6.35. The highest BCUT2D eigenvalue weighted by Crippen LogP contribution is 2.06. The van der Waals surface area contributed by atoms with E-state index in [-0.39, 0.29) is 0 Å². The highest BCUT2D eigenvalue weighted by Gasteiger charge is 2.16. The van der Waals surface area contributed by atoms with Crippen LogP contribution in [0.5, 0.6) is 0 Å². The Balaban J connectivity index is 2.65. The Hall–Kier alpha value is -1.18. The van der Waals surface area contributed by atoms with E-state index >= 15 is 0 Å². The number of nitrogens with zero attached hydrogens (tertiary/aromatic N) is 2. The Morgan fingerprint density at radius 1 is 1.50 bits per heavy atom. The van der Waals surface area contributed by atoms with Crippen LogP contribution in [0, 0.1) is 0 Å². The van der Waals surface area contributed by atoms with E-state index in [9.17, 15) is 8.42 Å². The van der Waals surface area contributed by atoms with Gasteiger partial charge in [-0.1, -0.05) is 6.07 Å². The molecule has 0 bridgehead atoms. The van der Waals surface area contributed by atoms with E-state index in [0.717, 1.165) is 0 Å². The largest absolute Gasteiger partial charge is 0.330 e. The fourth-order valence-electron chi connectivity index (χ4n) is 1.07. The number of aromatic nitrogens is 1. The van der Waals surface area contributed by atoms with E-state index in [0.29, 0.717) is 25.3 Å². The second-order valence-corrected chi connectivity index (χ2v) is 5.06.